The maximum atomic E-state index is 4.73. The minimum atomic E-state index is 0.164. The van der Waals surface area contributed by atoms with Gasteiger partial charge in [-0.3, -0.25) is 4.40 Å². The molecule has 1 N–H and O–H groups in total. The highest BCUT2D eigenvalue weighted by Gasteiger charge is 2.14. The van der Waals surface area contributed by atoms with Gasteiger partial charge in [0.05, 0.1) is 22.8 Å². The smallest absolute Gasteiger partial charge is 0.193 e. The number of hydrogen-bond donors (Lipinski definition) is 1. The van der Waals surface area contributed by atoms with Gasteiger partial charge in [0.15, 0.2) is 4.96 Å². The number of fused-ring (bicyclic) bond motifs is 2. The van der Waals surface area contributed by atoms with E-state index in [2.05, 4.69) is 51.6 Å². The van der Waals surface area contributed by atoms with E-state index in [1.807, 2.05) is 23.7 Å². The van der Waals surface area contributed by atoms with Gasteiger partial charge in [0.2, 0.25) is 0 Å². The number of imidazole rings is 2. The van der Waals surface area contributed by atoms with Crippen molar-refractivity contribution >= 4 is 27.3 Å². The molecule has 3 aromatic heterocycles. The highest BCUT2D eigenvalue weighted by atomic mass is 32.1. The molecule has 0 saturated heterocycles. The van der Waals surface area contributed by atoms with Crippen molar-refractivity contribution in [3.63, 3.8) is 0 Å². The summed E-state index contributed by atoms with van der Waals surface area (Å²) in [6.45, 7) is 2.87. The monoisotopic (exact) mass is 311 g/mol. The number of aromatic nitrogens is 4. The third kappa shape index (κ3) is 2.20. The summed E-state index contributed by atoms with van der Waals surface area (Å²) in [7, 11) is 2.06. The second-order valence-electron chi connectivity index (χ2n) is 5.45. The van der Waals surface area contributed by atoms with Crippen molar-refractivity contribution < 1.29 is 0 Å². The van der Waals surface area contributed by atoms with Gasteiger partial charge in [0.1, 0.15) is 5.82 Å². The molecule has 0 aliphatic heterocycles. The van der Waals surface area contributed by atoms with E-state index >= 15 is 0 Å². The van der Waals surface area contributed by atoms with Crippen LogP contribution in [0.15, 0.2) is 42.0 Å². The summed E-state index contributed by atoms with van der Waals surface area (Å²) >= 11 is 1.65. The molecule has 6 heteroatoms. The number of rotatable bonds is 4. The van der Waals surface area contributed by atoms with E-state index in [0.717, 1.165) is 34.1 Å². The van der Waals surface area contributed by atoms with Crippen LogP contribution < -0.4 is 5.32 Å². The summed E-state index contributed by atoms with van der Waals surface area (Å²) in [5.74, 6) is 1.04. The molecule has 0 bridgehead atoms. The van der Waals surface area contributed by atoms with Gasteiger partial charge < -0.3 is 9.88 Å². The zero-order valence-corrected chi connectivity index (χ0v) is 13.3. The van der Waals surface area contributed by atoms with Crippen LogP contribution in [0.1, 0.15) is 24.5 Å². The first-order valence-corrected chi connectivity index (χ1v) is 8.16. The second-order valence-corrected chi connectivity index (χ2v) is 6.32. The van der Waals surface area contributed by atoms with Crippen molar-refractivity contribution in [2.45, 2.75) is 19.5 Å². The summed E-state index contributed by atoms with van der Waals surface area (Å²) in [4.78, 5) is 10.4. The number of thiazole rings is 1. The van der Waals surface area contributed by atoms with Gasteiger partial charge in [-0.15, -0.1) is 11.3 Å². The summed E-state index contributed by atoms with van der Waals surface area (Å²) in [5, 5.41) is 5.56. The SMILES string of the molecule is C[C@@H](NCc1cn2ccsc2n1)c1nc2ccccc2n1C. The van der Waals surface area contributed by atoms with E-state index in [1.54, 1.807) is 11.3 Å². The van der Waals surface area contributed by atoms with E-state index in [1.165, 1.54) is 0 Å². The first kappa shape index (κ1) is 13.5. The van der Waals surface area contributed by atoms with Crippen molar-refractivity contribution in [2.75, 3.05) is 0 Å². The van der Waals surface area contributed by atoms with Gasteiger partial charge in [-0.1, -0.05) is 12.1 Å². The van der Waals surface area contributed by atoms with E-state index in [0.29, 0.717) is 0 Å². The molecule has 22 heavy (non-hydrogen) atoms. The van der Waals surface area contributed by atoms with Crippen LogP contribution in [0, 0.1) is 0 Å². The first-order chi connectivity index (χ1) is 10.7. The quantitative estimate of drug-likeness (QED) is 0.630. The number of benzene rings is 1. The van der Waals surface area contributed by atoms with Crippen LogP contribution in [0.25, 0.3) is 16.0 Å². The Morgan fingerprint density at radius 3 is 2.95 bits per heavy atom. The number of nitrogens with one attached hydrogen (secondary N) is 1. The maximum Gasteiger partial charge on any atom is 0.193 e. The van der Waals surface area contributed by atoms with Crippen molar-refractivity contribution in [3.8, 4) is 0 Å². The van der Waals surface area contributed by atoms with Crippen molar-refractivity contribution in [2.24, 2.45) is 7.05 Å². The van der Waals surface area contributed by atoms with E-state index < -0.39 is 0 Å². The number of aryl methyl sites for hydroxylation is 1. The highest BCUT2D eigenvalue weighted by molar-refractivity contribution is 7.15. The van der Waals surface area contributed by atoms with E-state index in [-0.39, 0.29) is 6.04 Å². The lowest BCUT2D eigenvalue weighted by molar-refractivity contribution is 0.529. The van der Waals surface area contributed by atoms with Crippen LogP contribution in [0.3, 0.4) is 0 Å². The Bertz CT molecular complexity index is 904. The van der Waals surface area contributed by atoms with Crippen LogP contribution in [-0.2, 0) is 13.6 Å². The largest absolute Gasteiger partial charge is 0.330 e. The lowest BCUT2D eigenvalue weighted by atomic mass is 10.3. The fourth-order valence-corrected chi connectivity index (χ4v) is 3.48. The molecule has 4 aromatic rings. The Morgan fingerprint density at radius 1 is 1.27 bits per heavy atom. The Kier molecular flexibility index (Phi) is 3.20. The van der Waals surface area contributed by atoms with Crippen LogP contribution in [0.5, 0.6) is 0 Å². The van der Waals surface area contributed by atoms with E-state index in [9.17, 15) is 0 Å². The lowest BCUT2D eigenvalue weighted by Gasteiger charge is -2.12. The second kappa shape index (κ2) is 5.23. The first-order valence-electron chi connectivity index (χ1n) is 7.28. The molecule has 1 atom stereocenters. The van der Waals surface area contributed by atoms with Gasteiger partial charge in [0, 0.05) is 31.4 Å². The summed E-state index contributed by atoms with van der Waals surface area (Å²) in [6.07, 6.45) is 4.10. The minimum absolute atomic E-state index is 0.164. The average molecular weight is 311 g/mol. The van der Waals surface area contributed by atoms with Crippen molar-refractivity contribution in [3.05, 3.63) is 53.6 Å². The predicted molar refractivity (Wildman–Crippen MR) is 89.0 cm³/mol. The van der Waals surface area contributed by atoms with Crippen LogP contribution in [0.4, 0.5) is 0 Å². The molecule has 1 aromatic carbocycles. The number of para-hydroxylation sites is 2. The summed E-state index contributed by atoms with van der Waals surface area (Å²) in [6, 6.07) is 8.38. The van der Waals surface area contributed by atoms with Crippen molar-refractivity contribution in [1.82, 2.24) is 24.3 Å². The topological polar surface area (TPSA) is 47.1 Å². The molecular formula is C16H17N5S. The average Bonchev–Trinajstić information content (AvgIpc) is 3.19. The zero-order valence-electron chi connectivity index (χ0n) is 12.5. The Morgan fingerprint density at radius 2 is 2.14 bits per heavy atom. The van der Waals surface area contributed by atoms with Gasteiger partial charge >= 0.3 is 0 Å². The molecule has 112 valence electrons. The predicted octanol–water partition coefficient (Wildman–Crippen LogP) is 3.13. The highest BCUT2D eigenvalue weighted by Crippen LogP contribution is 2.19. The van der Waals surface area contributed by atoms with Gasteiger partial charge in [-0.05, 0) is 19.1 Å². The molecular weight excluding hydrogens is 294 g/mol. The van der Waals surface area contributed by atoms with Crippen LogP contribution in [0.2, 0.25) is 0 Å². The Balaban J connectivity index is 1.54. The molecule has 0 spiro atoms. The van der Waals surface area contributed by atoms with Gasteiger partial charge in [-0.2, -0.15) is 0 Å². The van der Waals surface area contributed by atoms with E-state index in [4.69, 9.17) is 4.98 Å². The third-order valence-corrected chi connectivity index (χ3v) is 4.71. The lowest BCUT2D eigenvalue weighted by Crippen LogP contribution is -2.21. The summed E-state index contributed by atoms with van der Waals surface area (Å²) < 4.78 is 4.21. The molecule has 3 heterocycles. The molecule has 0 saturated carbocycles. The fraction of sp³-hybridized carbons (Fsp3) is 0.250. The zero-order chi connectivity index (χ0) is 15.1. The van der Waals surface area contributed by atoms with Crippen LogP contribution >= 0.6 is 11.3 Å². The Labute approximate surface area is 132 Å². The van der Waals surface area contributed by atoms with Gasteiger partial charge in [0.25, 0.3) is 0 Å². The molecule has 4 rings (SSSR count). The maximum absolute atomic E-state index is 4.73. The molecule has 0 unspecified atom stereocenters. The van der Waals surface area contributed by atoms with Crippen LogP contribution in [-0.4, -0.2) is 18.9 Å². The fourth-order valence-electron chi connectivity index (χ4n) is 2.76. The molecule has 0 fully saturated rings. The number of nitrogens with zero attached hydrogens (tertiary/aromatic N) is 4. The number of hydrogen-bond acceptors (Lipinski definition) is 4. The molecule has 0 aliphatic rings. The molecule has 0 amide bonds. The standard InChI is InChI=1S/C16H17N5S/c1-11(15-19-13-5-3-4-6-14(13)20(15)2)17-9-12-10-21-7-8-22-16(21)18-12/h3-8,10-11,17H,9H2,1-2H3/t11-/m1/s1. The summed E-state index contributed by atoms with van der Waals surface area (Å²) in [5.41, 5.74) is 3.25. The molecule has 0 aliphatic carbocycles. The normalized spacial score (nSPS) is 13.2. The minimum Gasteiger partial charge on any atom is -0.330 e. The molecule has 5 nitrogen and oxygen atoms in total. The molecule has 0 radical (unpaired) electrons. The van der Waals surface area contributed by atoms with Crippen molar-refractivity contribution in [1.29, 1.82) is 0 Å². The third-order valence-electron chi connectivity index (χ3n) is 3.94. The Hall–Kier alpha value is -2.18. The van der Waals surface area contributed by atoms with Gasteiger partial charge in [-0.25, -0.2) is 9.97 Å².